The van der Waals surface area contributed by atoms with Gasteiger partial charge in [-0.15, -0.1) is 0 Å². The molecule has 23 heavy (non-hydrogen) atoms. The summed E-state index contributed by atoms with van der Waals surface area (Å²) in [5.41, 5.74) is 2.35. The molecule has 0 atom stereocenters. The summed E-state index contributed by atoms with van der Waals surface area (Å²) in [5.74, 6) is -0.927. The number of esters is 1. The van der Waals surface area contributed by atoms with Crippen LogP contribution >= 0.6 is 0 Å². The van der Waals surface area contributed by atoms with Crippen LogP contribution in [0.3, 0.4) is 0 Å². The zero-order valence-electron chi connectivity index (χ0n) is 12.6. The minimum atomic E-state index is -0.312. The fourth-order valence-electron chi connectivity index (χ4n) is 2.55. The number of carbonyl (C=O) groups excluding carboxylic acids is 3. The summed E-state index contributed by atoms with van der Waals surface area (Å²) in [6.45, 7) is 1.67. The summed E-state index contributed by atoms with van der Waals surface area (Å²) in [6.07, 6.45) is 0.585. The first kappa shape index (κ1) is 15.0. The lowest BCUT2D eigenvalue weighted by Gasteiger charge is -2.14. The lowest BCUT2D eigenvalue weighted by Crippen LogP contribution is -2.29. The monoisotopic (exact) mass is 309 g/mol. The van der Waals surface area contributed by atoms with E-state index in [0.29, 0.717) is 29.8 Å². The average Bonchev–Trinajstić information content (AvgIpc) is 2.80. The maximum atomic E-state index is 12.4. The molecule has 0 aliphatic carbocycles. The number of benzene rings is 2. The van der Waals surface area contributed by atoms with Gasteiger partial charge in [-0.25, -0.2) is 4.90 Å². The minimum Gasteiger partial charge on any atom is -0.466 e. The van der Waals surface area contributed by atoms with Gasteiger partial charge >= 0.3 is 5.97 Å². The lowest BCUT2D eigenvalue weighted by molar-refractivity contribution is -0.140. The summed E-state index contributed by atoms with van der Waals surface area (Å²) in [6, 6.07) is 13.9. The van der Waals surface area contributed by atoms with E-state index < -0.39 is 0 Å². The maximum Gasteiger partial charge on any atom is 0.302 e. The number of imide groups is 1. The summed E-state index contributed by atoms with van der Waals surface area (Å²) in [4.78, 5) is 36.7. The molecule has 0 unspecified atom stereocenters. The van der Waals surface area contributed by atoms with Crippen molar-refractivity contribution in [3.05, 3.63) is 65.2 Å². The van der Waals surface area contributed by atoms with Gasteiger partial charge in [0.05, 0.1) is 23.4 Å². The molecular weight excluding hydrogens is 294 g/mol. The van der Waals surface area contributed by atoms with Crippen molar-refractivity contribution in [2.45, 2.75) is 13.3 Å². The Kier molecular flexibility index (Phi) is 3.93. The summed E-state index contributed by atoms with van der Waals surface area (Å²) >= 11 is 0. The number of nitrogens with zero attached hydrogens (tertiary/aromatic N) is 1. The van der Waals surface area contributed by atoms with Gasteiger partial charge in [-0.05, 0) is 29.8 Å². The van der Waals surface area contributed by atoms with Gasteiger partial charge in [-0.3, -0.25) is 14.4 Å². The van der Waals surface area contributed by atoms with Crippen LogP contribution < -0.4 is 4.90 Å². The van der Waals surface area contributed by atoms with Gasteiger partial charge in [0.25, 0.3) is 11.8 Å². The van der Waals surface area contributed by atoms with E-state index in [0.717, 1.165) is 5.56 Å². The number of hydrogen-bond acceptors (Lipinski definition) is 4. The molecule has 3 rings (SSSR count). The van der Waals surface area contributed by atoms with E-state index in [1.54, 1.807) is 36.4 Å². The molecule has 0 saturated carbocycles. The standard InChI is InChI=1S/C18H15NO4/c1-12(20)23-11-10-13-6-8-14(9-7-13)19-17(21)15-4-2-3-5-16(15)18(19)22/h2-9H,10-11H2,1H3. The van der Waals surface area contributed by atoms with E-state index in [1.807, 2.05) is 12.1 Å². The minimum absolute atomic E-state index is 0.307. The highest BCUT2D eigenvalue weighted by Gasteiger charge is 2.36. The number of carbonyl (C=O) groups is 3. The van der Waals surface area contributed by atoms with Crippen molar-refractivity contribution < 1.29 is 19.1 Å². The molecule has 116 valence electrons. The van der Waals surface area contributed by atoms with Crippen molar-refractivity contribution in [1.82, 2.24) is 0 Å². The normalized spacial score (nSPS) is 13.2. The fraction of sp³-hybridized carbons (Fsp3) is 0.167. The number of amides is 2. The fourth-order valence-corrected chi connectivity index (χ4v) is 2.55. The summed E-state index contributed by atoms with van der Waals surface area (Å²) in [5, 5.41) is 0. The number of hydrogen-bond donors (Lipinski definition) is 0. The Labute approximate surface area is 133 Å². The van der Waals surface area contributed by atoms with E-state index in [4.69, 9.17) is 4.74 Å². The molecule has 5 nitrogen and oxygen atoms in total. The van der Waals surface area contributed by atoms with E-state index in [1.165, 1.54) is 11.8 Å². The smallest absolute Gasteiger partial charge is 0.302 e. The van der Waals surface area contributed by atoms with Gasteiger partial charge < -0.3 is 4.74 Å². The molecule has 2 aromatic rings. The van der Waals surface area contributed by atoms with Crippen molar-refractivity contribution in [3.8, 4) is 0 Å². The molecule has 1 aliphatic rings. The Bertz CT molecular complexity index is 745. The lowest BCUT2D eigenvalue weighted by atomic mass is 10.1. The third kappa shape index (κ3) is 2.85. The van der Waals surface area contributed by atoms with Crippen molar-refractivity contribution in [2.75, 3.05) is 11.5 Å². The first-order valence-electron chi connectivity index (χ1n) is 7.28. The van der Waals surface area contributed by atoms with Crippen LogP contribution in [-0.4, -0.2) is 24.4 Å². The number of rotatable bonds is 4. The van der Waals surface area contributed by atoms with Gasteiger partial charge in [0.15, 0.2) is 0 Å². The van der Waals surface area contributed by atoms with Crippen LogP contribution in [-0.2, 0) is 16.0 Å². The molecule has 5 heteroatoms. The van der Waals surface area contributed by atoms with Crippen molar-refractivity contribution in [2.24, 2.45) is 0 Å². The van der Waals surface area contributed by atoms with Crippen LogP contribution in [0.5, 0.6) is 0 Å². The molecule has 0 aromatic heterocycles. The van der Waals surface area contributed by atoms with Crippen LogP contribution in [0.25, 0.3) is 0 Å². The largest absolute Gasteiger partial charge is 0.466 e. The highest BCUT2D eigenvalue weighted by molar-refractivity contribution is 6.34. The summed E-state index contributed by atoms with van der Waals surface area (Å²) in [7, 11) is 0. The highest BCUT2D eigenvalue weighted by Crippen LogP contribution is 2.28. The molecule has 0 spiro atoms. The van der Waals surface area contributed by atoms with Gasteiger partial charge in [0.2, 0.25) is 0 Å². The van der Waals surface area contributed by atoms with E-state index in [-0.39, 0.29) is 17.8 Å². The van der Waals surface area contributed by atoms with E-state index in [9.17, 15) is 14.4 Å². The van der Waals surface area contributed by atoms with Gasteiger partial charge in [-0.1, -0.05) is 24.3 Å². The van der Waals surface area contributed by atoms with Gasteiger partial charge in [0.1, 0.15) is 0 Å². The van der Waals surface area contributed by atoms with Crippen LogP contribution in [0.15, 0.2) is 48.5 Å². The quantitative estimate of drug-likeness (QED) is 0.643. The molecule has 2 aromatic carbocycles. The number of anilines is 1. The van der Waals surface area contributed by atoms with Crippen LogP contribution in [0.2, 0.25) is 0 Å². The third-order valence-corrected chi connectivity index (χ3v) is 3.68. The van der Waals surface area contributed by atoms with Gasteiger partial charge in [-0.2, -0.15) is 0 Å². The molecule has 2 amide bonds. The first-order chi connectivity index (χ1) is 11.1. The van der Waals surface area contributed by atoms with Crippen LogP contribution in [0.4, 0.5) is 5.69 Å². The average molecular weight is 309 g/mol. The van der Waals surface area contributed by atoms with E-state index >= 15 is 0 Å². The predicted molar refractivity (Wildman–Crippen MR) is 84.4 cm³/mol. The topological polar surface area (TPSA) is 63.7 Å². The number of ether oxygens (including phenoxy) is 1. The highest BCUT2D eigenvalue weighted by atomic mass is 16.5. The Hall–Kier alpha value is -2.95. The zero-order chi connectivity index (χ0) is 16.4. The zero-order valence-corrected chi connectivity index (χ0v) is 12.6. The van der Waals surface area contributed by atoms with Gasteiger partial charge in [0, 0.05) is 13.3 Å². The second-order valence-electron chi connectivity index (χ2n) is 5.25. The summed E-state index contributed by atoms with van der Waals surface area (Å²) < 4.78 is 4.89. The van der Waals surface area contributed by atoms with Crippen LogP contribution in [0, 0.1) is 0 Å². The molecule has 0 bridgehead atoms. The molecule has 0 radical (unpaired) electrons. The Morgan fingerprint density at radius 2 is 1.52 bits per heavy atom. The molecule has 1 aliphatic heterocycles. The SMILES string of the molecule is CC(=O)OCCc1ccc(N2C(=O)c3ccccc3C2=O)cc1. The van der Waals surface area contributed by atoms with Crippen molar-refractivity contribution >= 4 is 23.5 Å². The molecular formula is C18H15NO4. The molecule has 0 fully saturated rings. The predicted octanol–water partition coefficient (Wildman–Crippen LogP) is 2.59. The second-order valence-corrected chi connectivity index (χ2v) is 5.25. The first-order valence-corrected chi connectivity index (χ1v) is 7.28. The maximum absolute atomic E-state index is 12.4. The Morgan fingerprint density at radius 1 is 0.957 bits per heavy atom. The van der Waals surface area contributed by atoms with Crippen molar-refractivity contribution in [3.63, 3.8) is 0 Å². The Balaban J connectivity index is 1.77. The molecule has 0 N–H and O–H groups in total. The second kappa shape index (κ2) is 6.04. The Morgan fingerprint density at radius 3 is 2.04 bits per heavy atom. The third-order valence-electron chi connectivity index (χ3n) is 3.68. The van der Waals surface area contributed by atoms with Crippen molar-refractivity contribution in [1.29, 1.82) is 0 Å². The van der Waals surface area contributed by atoms with E-state index in [2.05, 4.69) is 0 Å². The van der Waals surface area contributed by atoms with Crippen LogP contribution in [0.1, 0.15) is 33.2 Å². The molecule has 1 heterocycles. The number of fused-ring (bicyclic) bond motifs is 1. The molecule has 0 saturated heterocycles.